The summed E-state index contributed by atoms with van der Waals surface area (Å²) in [6, 6.07) is 12.6. The minimum absolute atomic E-state index is 0.210. The molecule has 0 aliphatic rings. The third kappa shape index (κ3) is 3.14. The number of halogens is 1. The Morgan fingerprint density at radius 1 is 1.25 bits per heavy atom. The van der Waals surface area contributed by atoms with Crippen molar-refractivity contribution in [2.75, 3.05) is 5.32 Å². The van der Waals surface area contributed by atoms with Gasteiger partial charge >= 0.3 is 0 Å². The number of aryl methyl sites for hydroxylation is 1. The number of tetrazole rings is 1. The van der Waals surface area contributed by atoms with Gasteiger partial charge in [-0.3, -0.25) is 4.79 Å². The van der Waals surface area contributed by atoms with E-state index in [1.54, 1.807) is 28.9 Å². The van der Waals surface area contributed by atoms with Crippen molar-refractivity contribution in [1.82, 2.24) is 20.2 Å². The number of hydrogen-bond donors (Lipinski definition) is 1. The lowest BCUT2D eigenvalue weighted by Crippen LogP contribution is -2.13. The second-order valence-electron chi connectivity index (χ2n) is 5.27. The molecular formula is C17H16ClN5O. The maximum Gasteiger partial charge on any atom is 0.255 e. The monoisotopic (exact) mass is 341 g/mol. The highest BCUT2D eigenvalue weighted by molar-refractivity contribution is 6.31. The lowest BCUT2D eigenvalue weighted by atomic mass is 10.1. The third-order valence-corrected chi connectivity index (χ3v) is 4.14. The summed E-state index contributed by atoms with van der Waals surface area (Å²) in [4.78, 5) is 12.5. The van der Waals surface area contributed by atoms with Gasteiger partial charge in [0, 0.05) is 28.4 Å². The minimum atomic E-state index is -0.210. The minimum Gasteiger partial charge on any atom is -0.322 e. The van der Waals surface area contributed by atoms with Gasteiger partial charge in [0.15, 0.2) is 5.82 Å². The SMILES string of the molecule is CCn1nnnc1-c1cccc(C(=O)Nc2cccc(Cl)c2C)c1. The number of aromatic nitrogens is 4. The molecule has 2 aromatic carbocycles. The van der Waals surface area contributed by atoms with Crippen molar-refractivity contribution in [1.29, 1.82) is 0 Å². The molecule has 122 valence electrons. The molecule has 0 spiro atoms. The number of carbonyl (C=O) groups is 1. The van der Waals surface area contributed by atoms with Crippen molar-refractivity contribution in [3.63, 3.8) is 0 Å². The van der Waals surface area contributed by atoms with Gasteiger partial charge in [0.05, 0.1) is 0 Å². The standard InChI is InChI=1S/C17H16ClN5O/c1-3-23-16(20-21-22-23)12-6-4-7-13(10-12)17(24)19-15-9-5-8-14(18)11(15)2/h4-10H,3H2,1-2H3,(H,19,24). The fourth-order valence-electron chi connectivity index (χ4n) is 2.36. The molecule has 0 radical (unpaired) electrons. The van der Waals surface area contributed by atoms with Crippen LogP contribution in [0, 0.1) is 6.92 Å². The second kappa shape index (κ2) is 6.80. The predicted octanol–water partition coefficient (Wildman–Crippen LogP) is 3.57. The molecule has 1 aromatic heterocycles. The molecular weight excluding hydrogens is 326 g/mol. The number of anilines is 1. The third-order valence-electron chi connectivity index (χ3n) is 3.73. The molecule has 1 amide bonds. The first-order chi connectivity index (χ1) is 11.6. The zero-order valence-electron chi connectivity index (χ0n) is 13.3. The molecule has 6 nitrogen and oxygen atoms in total. The summed E-state index contributed by atoms with van der Waals surface area (Å²) in [7, 11) is 0. The number of rotatable bonds is 4. The average molecular weight is 342 g/mol. The molecule has 0 aliphatic heterocycles. The van der Waals surface area contributed by atoms with E-state index in [-0.39, 0.29) is 5.91 Å². The van der Waals surface area contributed by atoms with Gasteiger partial charge in [-0.25, -0.2) is 4.68 Å². The Balaban J connectivity index is 1.89. The van der Waals surface area contributed by atoms with E-state index in [2.05, 4.69) is 20.8 Å². The zero-order valence-corrected chi connectivity index (χ0v) is 14.1. The number of amides is 1. The number of benzene rings is 2. The highest BCUT2D eigenvalue weighted by atomic mass is 35.5. The van der Waals surface area contributed by atoms with Crippen LogP contribution in [-0.2, 0) is 6.54 Å². The maximum absolute atomic E-state index is 12.5. The normalized spacial score (nSPS) is 10.6. The summed E-state index contributed by atoms with van der Waals surface area (Å²) in [5, 5.41) is 15.1. The fourth-order valence-corrected chi connectivity index (χ4v) is 2.54. The van der Waals surface area contributed by atoms with Gasteiger partial charge in [-0.2, -0.15) is 0 Å². The van der Waals surface area contributed by atoms with Gasteiger partial charge in [-0.1, -0.05) is 29.8 Å². The van der Waals surface area contributed by atoms with Crippen molar-refractivity contribution in [2.24, 2.45) is 0 Å². The van der Waals surface area contributed by atoms with Gasteiger partial charge in [-0.05, 0) is 54.1 Å². The average Bonchev–Trinajstić information content (AvgIpc) is 3.08. The molecule has 0 saturated carbocycles. The molecule has 3 rings (SSSR count). The van der Waals surface area contributed by atoms with E-state index in [0.717, 1.165) is 11.1 Å². The van der Waals surface area contributed by atoms with Crippen molar-refractivity contribution in [2.45, 2.75) is 20.4 Å². The lowest BCUT2D eigenvalue weighted by Gasteiger charge is -2.10. The van der Waals surface area contributed by atoms with Crippen LogP contribution in [0.15, 0.2) is 42.5 Å². The Bertz CT molecular complexity index is 890. The molecule has 0 unspecified atom stereocenters. The Hall–Kier alpha value is -2.73. The van der Waals surface area contributed by atoms with Gasteiger partial charge < -0.3 is 5.32 Å². The van der Waals surface area contributed by atoms with Gasteiger partial charge in [0.2, 0.25) is 0 Å². The number of carbonyl (C=O) groups excluding carboxylic acids is 1. The first kappa shape index (κ1) is 16.1. The summed E-state index contributed by atoms with van der Waals surface area (Å²) in [5.74, 6) is 0.420. The van der Waals surface area contributed by atoms with Crippen LogP contribution >= 0.6 is 11.6 Å². The number of hydrogen-bond acceptors (Lipinski definition) is 4. The summed E-state index contributed by atoms with van der Waals surface area (Å²) in [6.07, 6.45) is 0. The second-order valence-corrected chi connectivity index (χ2v) is 5.67. The first-order valence-electron chi connectivity index (χ1n) is 7.53. The molecule has 0 bridgehead atoms. The van der Waals surface area contributed by atoms with Crippen molar-refractivity contribution in [3.05, 3.63) is 58.6 Å². The fraction of sp³-hybridized carbons (Fsp3) is 0.176. The maximum atomic E-state index is 12.5. The van der Waals surface area contributed by atoms with E-state index in [1.165, 1.54) is 0 Å². The molecule has 0 aliphatic carbocycles. The van der Waals surface area contributed by atoms with Crippen molar-refractivity contribution in [3.8, 4) is 11.4 Å². The highest BCUT2D eigenvalue weighted by Crippen LogP contribution is 2.24. The molecule has 0 saturated heterocycles. The lowest BCUT2D eigenvalue weighted by molar-refractivity contribution is 0.102. The predicted molar refractivity (Wildman–Crippen MR) is 93.1 cm³/mol. The quantitative estimate of drug-likeness (QED) is 0.787. The zero-order chi connectivity index (χ0) is 17.1. The molecule has 0 fully saturated rings. The van der Waals surface area contributed by atoms with Crippen molar-refractivity contribution >= 4 is 23.2 Å². The van der Waals surface area contributed by atoms with Crippen molar-refractivity contribution < 1.29 is 4.79 Å². The smallest absolute Gasteiger partial charge is 0.255 e. The Morgan fingerprint density at radius 3 is 2.83 bits per heavy atom. The number of nitrogens with zero attached hydrogens (tertiary/aromatic N) is 4. The molecule has 0 atom stereocenters. The van der Waals surface area contributed by atoms with Crippen LogP contribution < -0.4 is 5.32 Å². The molecule has 24 heavy (non-hydrogen) atoms. The van der Waals surface area contributed by atoms with E-state index in [0.29, 0.717) is 28.6 Å². The molecule has 3 aromatic rings. The van der Waals surface area contributed by atoms with Gasteiger partial charge in [-0.15, -0.1) is 5.10 Å². The Labute approximate surface area is 144 Å². The molecule has 7 heteroatoms. The largest absolute Gasteiger partial charge is 0.322 e. The topological polar surface area (TPSA) is 72.7 Å². The summed E-state index contributed by atoms with van der Waals surface area (Å²) < 4.78 is 1.68. The van der Waals surface area contributed by atoms with Crippen LogP contribution in [0.2, 0.25) is 5.02 Å². The van der Waals surface area contributed by atoms with E-state index in [1.807, 2.05) is 32.0 Å². The van der Waals surface area contributed by atoms with Gasteiger partial charge in [0.25, 0.3) is 5.91 Å². The van der Waals surface area contributed by atoms with E-state index in [9.17, 15) is 4.79 Å². The Morgan fingerprint density at radius 2 is 2.04 bits per heavy atom. The van der Waals surface area contributed by atoms with E-state index < -0.39 is 0 Å². The highest BCUT2D eigenvalue weighted by Gasteiger charge is 2.13. The molecule has 1 N–H and O–H groups in total. The van der Waals surface area contributed by atoms with Crippen LogP contribution in [-0.4, -0.2) is 26.1 Å². The van der Waals surface area contributed by atoms with Crippen LogP contribution in [0.25, 0.3) is 11.4 Å². The van der Waals surface area contributed by atoms with Crippen LogP contribution in [0.5, 0.6) is 0 Å². The summed E-state index contributed by atoms with van der Waals surface area (Å²) in [6.45, 7) is 4.47. The number of nitrogens with one attached hydrogen (secondary N) is 1. The summed E-state index contributed by atoms with van der Waals surface area (Å²) in [5.41, 5.74) is 2.84. The van der Waals surface area contributed by atoms with Crippen LogP contribution in [0.4, 0.5) is 5.69 Å². The van der Waals surface area contributed by atoms with E-state index >= 15 is 0 Å². The molecule has 1 heterocycles. The van der Waals surface area contributed by atoms with Gasteiger partial charge in [0.1, 0.15) is 0 Å². The summed E-state index contributed by atoms with van der Waals surface area (Å²) >= 11 is 6.09. The Kier molecular flexibility index (Phi) is 4.57. The van der Waals surface area contributed by atoms with E-state index in [4.69, 9.17) is 11.6 Å². The van der Waals surface area contributed by atoms with Crippen LogP contribution in [0.3, 0.4) is 0 Å². The van der Waals surface area contributed by atoms with Crippen LogP contribution in [0.1, 0.15) is 22.8 Å². The first-order valence-corrected chi connectivity index (χ1v) is 7.91.